The number of nitrogens with one attached hydrogen (secondary N) is 1. The first-order valence-electron chi connectivity index (χ1n) is 6.88. The van der Waals surface area contributed by atoms with E-state index >= 15 is 0 Å². The summed E-state index contributed by atoms with van der Waals surface area (Å²) in [5.41, 5.74) is -0.0388. The SMILES string of the molecule is O=C(CSc1ccccc1)Nc1nnc(-c2ccc(F)cc2F)o1. The molecule has 0 aliphatic heterocycles. The normalized spacial score (nSPS) is 10.6. The summed E-state index contributed by atoms with van der Waals surface area (Å²) in [7, 11) is 0. The molecule has 3 aromatic rings. The van der Waals surface area contributed by atoms with Crippen molar-refractivity contribution in [3.63, 3.8) is 0 Å². The van der Waals surface area contributed by atoms with E-state index in [1.54, 1.807) is 0 Å². The Labute approximate surface area is 140 Å². The fraction of sp³-hybridized carbons (Fsp3) is 0.0625. The van der Waals surface area contributed by atoms with E-state index in [1.165, 1.54) is 17.8 Å². The maximum absolute atomic E-state index is 13.7. The molecule has 24 heavy (non-hydrogen) atoms. The molecule has 1 amide bonds. The first-order chi connectivity index (χ1) is 11.6. The molecule has 0 aliphatic carbocycles. The molecule has 8 heteroatoms. The summed E-state index contributed by atoms with van der Waals surface area (Å²) >= 11 is 1.35. The van der Waals surface area contributed by atoms with Gasteiger partial charge >= 0.3 is 6.01 Å². The van der Waals surface area contributed by atoms with E-state index in [-0.39, 0.29) is 29.1 Å². The zero-order valence-electron chi connectivity index (χ0n) is 12.2. The molecule has 0 fully saturated rings. The molecule has 0 saturated heterocycles. The van der Waals surface area contributed by atoms with E-state index in [0.717, 1.165) is 11.0 Å². The van der Waals surface area contributed by atoms with Gasteiger partial charge < -0.3 is 4.42 Å². The van der Waals surface area contributed by atoms with E-state index < -0.39 is 11.6 Å². The lowest BCUT2D eigenvalue weighted by molar-refractivity contribution is -0.113. The van der Waals surface area contributed by atoms with E-state index in [9.17, 15) is 13.6 Å². The molecule has 2 aromatic carbocycles. The van der Waals surface area contributed by atoms with Gasteiger partial charge in [-0.15, -0.1) is 16.9 Å². The lowest BCUT2D eigenvalue weighted by Gasteiger charge is -2.01. The van der Waals surface area contributed by atoms with Gasteiger partial charge in [0, 0.05) is 11.0 Å². The van der Waals surface area contributed by atoms with Crippen molar-refractivity contribution in [1.82, 2.24) is 10.2 Å². The van der Waals surface area contributed by atoms with Crippen LogP contribution in [0.2, 0.25) is 0 Å². The predicted molar refractivity (Wildman–Crippen MR) is 85.4 cm³/mol. The van der Waals surface area contributed by atoms with Gasteiger partial charge in [-0.25, -0.2) is 8.78 Å². The Morgan fingerprint density at radius 1 is 1.12 bits per heavy atom. The Bertz CT molecular complexity index is 856. The smallest absolute Gasteiger partial charge is 0.322 e. The molecular formula is C16H11F2N3O2S. The van der Waals surface area contributed by atoms with Crippen LogP contribution in [0.3, 0.4) is 0 Å². The molecule has 5 nitrogen and oxygen atoms in total. The molecule has 3 rings (SSSR count). The second kappa shape index (κ2) is 7.22. The zero-order chi connectivity index (χ0) is 16.9. The summed E-state index contributed by atoms with van der Waals surface area (Å²) in [4.78, 5) is 12.8. The molecule has 0 aliphatic rings. The molecule has 0 radical (unpaired) electrons. The molecule has 0 unspecified atom stereocenters. The van der Waals surface area contributed by atoms with Gasteiger partial charge in [-0.2, -0.15) is 0 Å². The number of rotatable bonds is 5. The van der Waals surface area contributed by atoms with Crippen LogP contribution in [0.25, 0.3) is 11.5 Å². The van der Waals surface area contributed by atoms with Crippen LogP contribution < -0.4 is 5.32 Å². The van der Waals surface area contributed by atoms with Crippen molar-refractivity contribution >= 4 is 23.7 Å². The van der Waals surface area contributed by atoms with Gasteiger partial charge in [0.1, 0.15) is 11.6 Å². The molecule has 0 saturated carbocycles. The number of nitrogens with zero attached hydrogens (tertiary/aromatic N) is 2. The summed E-state index contributed by atoms with van der Waals surface area (Å²) in [5, 5.41) is 9.72. The summed E-state index contributed by atoms with van der Waals surface area (Å²) in [5.74, 6) is -1.84. The Morgan fingerprint density at radius 3 is 2.67 bits per heavy atom. The maximum Gasteiger partial charge on any atom is 0.322 e. The van der Waals surface area contributed by atoms with Crippen molar-refractivity contribution in [2.24, 2.45) is 0 Å². The van der Waals surface area contributed by atoms with Crippen LogP contribution in [0.1, 0.15) is 0 Å². The number of anilines is 1. The minimum Gasteiger partial charge on any atom is -0.403 e. The minimum absolute atomic E-state index is 0.0388. The molecule has 0 bridgehead atoms. The van der Waals surface area contributed by atoms with Crippen LogP contribution in [0.4, 0.5) is 14.8 Å². The Balaban J connectivity index is 1.62. The highest BCUT2D eigenvalue weighted by molar-refractivity contribution is 8.00. The predicted octanol–water partition coefficient (Wildman–Crippen LogP) is 3.75. The number of hydrogen-bond donors (Lipinski definition) is 1. The number of hydrogen-bond acceptors (Lipinski definition) is 5. The molecular weight excluding hydrogens is 336 g/mol. The van der Waals surface area contributed by atoms with Gasteiger partial charge in [-0.1, -0.05) is 23.3 Å². The van der Waals surface area contributed by atoms with Gasteiger partial charge in [0.05, 0.1) is 11.3 Å². The minimum atomic E-state index is -0.823. The highest BCUT2D eigenvalue weighted by atomic mass is 32.2. The Morgan fingerprint density at radius 2 is 1.92 bits per heavy atom. The lowest BCUT2D eigenvalue weighted by atomic mass is 10.2. The van der Waals surface area contributed by atoms with E-state index in [4.69, 9.17) is 4.42 Å². The first-order valence-corrected chi connectivity index (χ1v) is 7.87. The largest absolute Gasteiger partial charge is 0.403 e. The monoisotopic (exact) mass is 347 g/mol. The lowest BCUT2D eigenvalue weighted by Crippen LogP contribution is -2.14. The fourth-order valence-electron chi connectivity index (χ4n) is 1.87. The van der Waals surface area contributed by atoms with Crippen molar-refractivity contribution < 1.29 is 18.0 Å². The number of carbonyl (C=O) groups excluding carboxylic acids is 1. The molecule has 1 aromatic heterocycles. The Hall–Kier alpha value is -2.74. The quantitative estimate of drug-likeness (QED) is 0.712. The third-order valence-corrected chi connectivity index (χ3v) is 3.96. The summed E-state index contributed by atoms with van der Waals surface area (Å²) in [6.07, 6.45) is 0. The van der Waals surface area contributed by atoms with Crippen molar-refractivity contribution in [3.05, 3.63) is 60.2 Å². The summed E-state index contributed by atoms with van der Waals surface area (Å²) < 4.78 is 31.7. The van der Waals surface area contributed by atoms with Gasteiger partial charge in [0.2, 0.25) is 5.91 Å². The van der Waals surface area contributed by atoms with Crippen molar-refractivity contribution in [3.8, 4) is 11.5 Å². The van der Waals surface area contributed by atoms with E-state index in [0.29, 0.717) is 6.07 Å². The fourth-order valence-corrected chi connectivity index (χ4v) is 2.59. The third-order valence-electron chi connectivity index (χ3n) is 2.95. The second-order valence-electron chi connectivity index (χ2n) is 4.69. The summed E-state index contributed by atoms with van der Waals surface area (Å²) in [6.45, 7) is 0. The molecule has 0 atom stereocenters. The second-order valence-corrected chi connectivity index (χ2v) is 5.74. The van der Waals surface area contributed by atoms with Crippen LogP contribution in [0.5, 0.6) is 0 Å². The number of thioether (sulfide) groups is 1. The highest BCUT2D eigenvalue weighted by Gasteiger charge is 2.15. The highest BCUT2D eigenvalue weighted by Crippen LogP contribution is 2.24. The van der Waals surface area contributed by atoms with Crippen LogP contribution in [-0.4, -0.2) is 21.9 Å². The first kappa shape index (κ1) is 16.1. The molecule has 122 valence electrons. The third kappa shape index (κ3) is 3.96. The zero-order valence-corrected chi connectivity index (χ0v) is 13.0. The molecule has 1 N–H and O–H groups in total. The van der Waals surface area contributed by atoms with Crippen LogP contribution in [0.15, 0.2) is 57.8 Å². The Kier molecular flexibility index (Phi) is 4.85. The van der Waals surface area contributed by atoms with Crippen LogP contribution in [-0.2, 0) is 4.79 Å². The number of carbonyl (C=O) groups is 1. The van der Waals surface area contributed by atoms with Crippen LogP contribution in [0, 0.1) is 11.6 Å². The average Bonchev–Trinajstić information content (AvgIpc) is 3.02. The van der Waals surface area contributed by atoms with E-state index in [1.807, 2.05) is 30.3 Å². The van der Waals surface area contributed by atoms with Gasteiger partial charge in [0.25, 0.3) is 5.89 Å². The summed E-state index contributed by atoms with van der Waals surface area (Å²) in [6, 6.07) is 12.3. The molecule has 1 heterocycles. The number of benzene rings is 2. The van der Waals surface area contributed by atoms with E-state index in [2.05, 4.69) is 15.5 Å². The van der Waals surface area contributed by atoms with Crippen molar-refractivity contribution in [2.45, 2.75) is 4.90 Å². The van der Waals surface area contributed by atoms with Crippen molar-refractivity contribution in [2.75, 3.05) is 11.1 Å². The average molecular weight is 347 g/mol. The van der Waals surface area contributed by atoms with Gasteiger partial charge in [-0.05, 0) is 24.3 Å². The number of amides is 1. The standard InChI is InChI=1S/C16H11F2N3O2S/c17-10-6-7-12(13(18)8-10)15-20-21-16(23-15)19-14(22)9-24-11-4-2-1-3-5-11/h1-8H,9H2,(H,19,21,22). The topological polar surface area (TPSA) is 68.0 Å². The maximum atomic E-state index is 13.7. The number of halogens is 2. The molecule has 0 spiro atoms. The number of aromatic nitrogens is 2. The van der Waals surface area contributed by atoms with Gasteiger partial charge in [-0.3, -0.25) is 10.1 Å². The van der Waals surface area contributed by atoms with Crippen molar-refractivity contribution in [1.29, 1.82) is 0 Å². The van der Waals surface area contributed by atoms with Gasteiger partial charge in [0.15, 0.2) is 0 Å². The van der Waals surface area contributed by atoms with Crippen LogP contribution >= 0.6 is 11.8 Å².